The number of rotatable bonds is 4. The van der Waals surface area contributed by atoms with E-state index < -0.39 is 11.6 Å². The molecule has 0 spiro atoms. The Kier molecular flexibility index (Phi) is 4.52. The van der Waals surface area contributed by atoms with E-state index in [9.17, 15) is 13.6 Å². The second-order valence-electron chi connectivity index (χ2n) is 5.51. The molecule has 1 amide bonds. The Hall–Kier alpha value is -1.75. The second-order valence-corrected chi connectivity index (χ2v) is 6.29. The van der Waals surface area contributed by atoms with Crippen LogP contribution in [-0.2, 0) is 11.2 Å². The maximum Gasteiger partial charge on any atom is 0.223 e. The van der Waals surface area contributed by atoms with Crippen LogP contribution in [0, 0.1) is 11.6 Å². The molecule has 2 nitrogen and oxygen atoms in total. The van der Waals surface area contributed by atoms with Gasteiger partial charge in [0.1, 0.15) is 0 Å². The number of carbonyl (C=O) groups excluding carboxylic acids is 1. The Balaban J connectivity index is 1.65. The van der Waals surface area contributed by atoms with Crippen molar-refractivity contribution in [2.75, 3.05) is 6.54 Å². The molecule has 2 heterocycles. The molecule has 1 unspecified atom stereocenters. The fourth-order valence-corrected chi connectivity index (χ4v) is 3.71. The SMILES string of the molecule is O=C(CCc1cccc(F)c1F)N1CCCC1c1ccsc1. The number of aryl methyl sites for hydroxylation is 1. The number of hydrogen-bond donors (Lipinski definition) is 0. The third-order valence-corrected chi connectivity index (χ3v) is 4.84. The molecule has 0 aliphatic carbocycles. The van der Waals surface area contributed by atoms with Gasteiger partial charge >= 0.3 is 0 Å². The molecule has 1 aliphatic rings. The molecule has 116 valence electrons. The van der Waals surface area contributed by atoms with E-state index in [1.165, 1.54) is 17.7 Å². The minimum Gasteiger partial charge on any atom is -0.336 e. The quantitative estimate of drug-likeness (QED) is 0.821. The van der Waals surface area contributed by atoms with E-state index in [2.05, 4.69) is 5.38 Å². The maximum absolute atomic E-state index is 13.6. The Morgan fingerprint density at radius 3 is 2.95 bits per heavy atom. The molecule has 1 aliphatic heterocycles. The summed E-state index contributed by atoms with van der Waals surface area (Å²) < 4.78 is 26.8. The minimum absolute atomic E-state index is 0.0114. The van der Waals surface area contributed by atoms with Gasteiger partial charge in [-0.05, 0) is 53.3 Å². The Labute approximate surface area is 132 Å². The van der Waals surface area contributed by atoms with Crippen molar-refractivity contribution in [3.05, 3.63) is 57.8 Å². The van der Waals surface area contributed by atoms with Crippen molar-refractivity contribution in [1.82, 2.24) is 4.90 Å². The standard InChI is InChI=1S/C17H17F2NOS/c18-14-4-1-3-12(17(14)19)6-7-16(21)20-9-2-5-15(20)13-8-10-22-11-13/h1,3-4,8,10-11,15H,2,5-7,9H2. The lowest BCUT2D eigenvalue weighted by molar-refractivity contribution is -0.132. The molecule has 1 atom stereocenters. The summed E-state index contributed by atoms with van der Waals surface area (Å²) in [5, 5.41) is 4.08. The number of benzene rings is 1. The summed E-state index contributed by atoms with van der Waals surface area (Å²) in [6.07, 6.45) is 2.40. The highest BCUT2D eigenvalue weighted by Crippen LogP contribution is 2.33. The summed E-state index contributed by atoms with van der Waals surface area (Å²) >= 11 is 1.62. The Morgan fingerprint density at radius 2 is 2.18 bits per heavy atom. The van der Waals surface area contributed by atoms with Crippen LogP contribution >= 0.6 is 11.3 Å². The predicted molar refractivity (Wildman–Crippen MR) is 82.7 cm³/mol. The summed E-state index contributed by atoms with van der Waals surface area (Å²) in [6, 6.07) is 6.28. The maximum atomic E-state index is 13.6. The van der Waals surface area contributed by atoms with Crippen molar-refractivity contribution in [3.63, 3.8) is 0 Å². The zero-order valence-electron chi connectivity index (χ0n) is 12.1. The van der Waals surface area contributed by atoms with Gasteiger partial charge in [-0.25, -0.2) is 8.78 Å². The summed E-state index contributed by atoms with van der Waals surface area (Å²) in [4.78, 5) is 14.3. The van der Waals surface area contributed by atoms with Crippen molar-refractivity contribution < 1.29 is 13.6 Å². The third-order valence-electron chi connectivity index (χ3n) is 4.14. The van der Waals surface area contributed by atoms with Gasteiger partial charge in [-0.15, -0.1) is 0 Å². The molecule has 1 saturated heterocycles. The van der Waals surface area contributed by atoms with Crippen LogP contribution in [0.4, 0.5) is 8.78 Å². The smallest absolute Gasteiger partial charge is 0.223 e. The van der Waals surface area contributed by atoms with Crippen LogP contribution in [-0.4, -0.2) is 17.4 Å². The normalized spacial score (nSPS) is 17.9. The molecule has 2 aromatic rings. The van der Waals surface area contributed by atoms with Crippen LogP contribution in [0.5, 0.6) is 0 Å². The molecule has 1 fully saturated rings. The summed E-state index contributed by atoms with van der Waals surface area (Å²) in [7, 11) is 0. The largest absolute Gasteiger partial charge is 0.336 e. The molecule has 0 radical (unpaired) electrons. The van der Waals surface area contributed by atoms with Crippen LogP contribution in [0.1, 0.15) is 36.4 Å². The molecule has 1 aromatic carbocycles. The van der Waals surface area contributed by atoms with Crippen molar-refractivity contribution >= 4 is 17.2 Å². The van der Waals surface area contributed by atoms with Crippen LogP contribution in [0.2, 0.25) is 0 Å². The first-order valence-corrected chi connectivity index (χ1v) is 8.35. The highest BCUT2D eigenvalue weighted by atomic mass is 32.1. The van der Waals surface area contributed by atoms with E-state index in [4.69, 9.17) is 0 Å². The van der Waals surface area contributed by atoms with E-state index in [-0.39, 0.29) is 30.4 Å². The van der Waals surface area contributed by atoms with Crippen molar-refractivity contribution in [3.8, 4) is 0 Å². The van der Waals surface area contributed by atoms with Gasteiger partial charge in [0, 0.05) is 13.0 Å². The zero-order chi connectivity index (χ0) is 15.5. The van der Waals surface area contributed by atoms with E-state index in [0.717, 1.165) is 25.5 Å². The highest BCUT2D eigenvalue weighted by molar-refractivity contribution is 7.07. The monoisotopic (exact) mass is 321 g/mol. The number of halogens is 2. The van der Waals surface area contributed by atoms with Gasteiger partial charge in [0.05, 0.1) is 6.04 Å². The Morgan fingerprint density at radius 1 is 1.32 bits per heavy atom. The Bertz CT molecular complexity index is 657. The van der Waals surface area contributed by atoms with Crippen molar-refractivity contribution in [2.45, 2.75) is 31.7 Å². The highest BCUT2D eigenvalue weighted by Gasteiger charge is 2.29. The first-order valence-electron chi connectivity index (χ1n) is 7.41. The first-order chi connectivity index (χ1) is 10.7. The molecule has 5 heteroatoms. The fourth-order valence-electron chi connectivity index (χ4n) is 3.00. The number of hydrogen-bond acceptors (Lipinski definition) is 2. The van der Waals surface area contributed by atoms with Gasteiger partial charge in [-0.3, -0.25) is 4.79 Å². The lowest BCUT2D eigenvalue weighted by Gasteiger charge is -2.24. The average molecular weight is 321 g/mol. The van der Waals surface area contributed by atoms with E-state index >= 15 is 0 Å². The lowest BCUT2D eigenvalue weighted by Crippen LogP contribution is -2.30. The van der Waals surface area contributed by atoms with Crippen LogP contribution in [0.3, 0.4) is 0 Å². The molecule has 1 aromatic heterocycles. The zero-order valence-corrected chi connectivity index (χ0v) is 12.9. The molecule has 0 bridgehead atoms. The van der Waals surface area contributed by atoms with Gasteiger partial charge in [0.2, 0.25) is 5.91 Å². The molecule has 3 rings (SSSR count). The van der Waals surface area contributed by atoms with E-state index in [1.807, 2.05) is 16.3 Å². The minimum atomic E-state index is -0.859. The number of thiophene rings is 1. The summed E-state index contributed by atoms with van der Waals surface area (Å²) in [6.45, 7) is 0.741. The molecule has 0 saturated carbocycles. The predicted octanol–water partition coefficient (Wildman–Crippen LogP) is 4.32. The van der Waals surface area contributed by atoms with E-state index in [0.29, 0.717) is 0 Å². The van der Waals surface area contributed by atoms with E-state index in [1.54, 1.807) is 11.3 Å². The third kappa shape index (κ3) is 3.04. The summed E-state index contributed by atoms with van der Waals surface area (Å²) in [5.74, 6) is -1.69. The van der Waals surface area contributed by atoms with Crippen LogP contribution in [0.25, 0.3) is 0 Å². The van der Waals surface area contributed by atoms with Crippen LogP contribution in [0.15, 0.2) is 35.0 Å². The first kappa shape index (κ1) is 15.2. The molecular formula is C17H17F2NOS. The van der Waals surface area contributed by atoms with Gasteiger partial charge in [-0.2, -0.15) is 11.3 Å². The van der Waals surface area contributed by atoms with Crippen molar-refractivity contribution in [1.29, 1.82) is 0 Å². The van der Waals surface area contributed by atoms with Gasteiger partial charge in [0.15, 0.2) is 11.6 Å². The number of nitrogens with zero attached hydrogens (tertiary/aromatic N) is 1. The number of likely N-dealkylation sites (tertiary alicyclic amines) is 1. The average Bonchev–Trinajstić information content (AvgIpc) is 3.18. The van der Waals surface area contributed by atoms with Crippen molar-refractivity contribution in [2.24, 2.45) is 0 Å². The molecule has 0 N–H and O–H groups in total. The molecular weight excluding hydrogens is 304 g/mol. The number of amides is 1. The van der Waals surface area contributed by atoms with Crippen LogP contribution < -0.4 is 0 Å². The van der Waals surface area contributed by atoms with Gasteiger partial charge in [-0.1, -0.05) is 12.1 Å². The topological polar surface area (TPSA) is 20.3 Å². The van der Waals surface area contributed by atoms with Gasteiger partial charge < -0.3 is 4.90 Å². The fraction of sp³-hybridized carbons (Fsp3) is 0.353. The summed E-state index contributed by atoms with van der Waals surface area (Å²) in [5.41, 5.74) is 1.44. The molecule has 22 heavy (non-hydrogen) atoms. The second kappa shape index (κ2) is 6.57. The lowest BCUT2D eigenvalue weighted by atomic mass is 10.1. The number of carbonyl (C=O) groups is 1. The van der Waals surface area contributed by atoms with Gasteiger partial charge in [0.25, 0.3) is 0 Å².